The molecule has 0 radical (unpaired) electrons. The van der Waals surface area contributed by atoms with Gasteiger partial charge >= 0.3 is 0 Å². The van der Waals surface area contributed by atoms with Crippen molar-refractivity contribution in [3.05, 3.63) is 114 Å². The van der Waals surface area contributed by atoms with Gasteiger partial charge in [-0.1, -0.05) is 78.5 Å². The van der Waals surface area contributed by atoms with Gasteiger partial charge in [0.1, 0.15) is 12.1 Å². The number of hydrogen-bond acceptors (Lipinski definition) is 5. The molecular weight excluding hydrogens is 424 g/mol. The van der Waals surface area contributed by atoms with E-state index >= 15 is 0 Å². The Morgan fingerprint density at radius 1 is 0.758 bits per heavy atom. The molecule has 2 aromatic heterocycles. The second-order valence-corrected chi connectivity index (χ2v) is 8.70. The van der Waals surface area contributed by atoms with Gasteiger partial charge in [0.15, 0.2) is 5.65 Å². The number of anilines is 2. The van der Waals surface area contributed by atoms with Gasteiger partial charge in [0, 0.05) is 15.5 Å². The molecule has 33 heavy (non-hydrogen) atoms. The minimum absolute atomic E-state index is 0.685. The lowest BCUT2D eigenvalue weighted by molar-refractivity contribution is 1.15. The molecule has 5 rings (SSSR count). The smallest absolute Gasteiger partial charge is 0.164 e. The molecule has 0 aliphatic carbocycles. The third-order valence-corrected chi connectivity index (χ3v) is 6.22. The zero-order chi connectivity index (χ0) is 22.5. The van der Waals surface area contributed by atoms with Crippen LogP contribution in [0, 0.1) is 6.92 Å². The van der Waals surface area contributed by atoms with Gasteiger partial charge < -0.3 is 5.32 Å². The van der Waals surface area contributed by atoms with Gasteiger partial charge in [0.05, 0.1) is 11.1 Å². The molecule has 0 aliphatic rings. The summed E-state index contributed by atoms with van der Waals surface area (Å²) in [5, 5.41) is 4.44. The number of pyridine rings is 1. The summed E-state index contributed by atoms with van der Waals surface area (Å²) in [5.41, 5.74) is 4.87. The number of rotatable bonds is 6. The van der Waals surface area contributed by atoms with Gasteiger partial charge in [0.2, 0.25) is 0 Å². The lowest BCUT2D eigenvalue weighted by Gasteiger charge is -2.14. The number of nitrogens with one attached hydrogen (secondary N) is 1. The Bertz CT molecular complexity index is 1420. The van der Waals surface area contributed by atoms with Crippen molar-refractivity contribution in [2.24, 2.45) is 0 Å². The zero-order valence-electron chi connectivity index (χ0n) is 18.1. The van der Waals surface area contributed by atoms with Crippen molar-refractivity contribution in [1.82, 2.24) is 15.0 Å². The minimum atomic E-state index is 0.685. The van der Waals surface area contributed by atoms with Gasteiger partial charge in [-0.15, -0.1) is 0 Å². The highest BCUT2D eigenvalue weighted by molar-refractivity contribution is 7.99. The maximum Gasteiger partial charge on any atom is 0.164 e. The van der Waals surface area contributed by atoms with Crippen LogP contribution in [0.3, 0.4) is 0 Å². The quantitative estimate of drug-likeness (QED) is 0.275. The van der Waals surface area contributed by atoms with E-state index in [4.69, 9.17) is 0 Å². The molecule has 0 unspecified atom stereocenters. The molecule has 1 N–H and O–H groups in total. The van der Waals surface area contributed by atoms with Gasteiger partial charge in [-0.25, -0.2) is 15.0 Å². The molecule has 0 spiro atoms. The third kappa shape index (κ3) is 5.10. The van der Waals surface area contributed by atoms with Gasteiger partial charge in [-0.3, -0.25) is 0 Å². The van der Waals surface area contributed by atoms with Crippen molar-refractivity contribution >= 4 is 46.5 Å². The lowest BCUT2D eigenvalue weighted by Crippen LogP contribution is -1.99. The summed E-state index contributed by atoms with van der Waals surface area (Å²) in [6.07, 6.45) is 5.80. The van der Waals surface area contributed by atoms with E-state index in [1.165, 1.54) is 4.90 Å². The second kappa shape index (κ2) is 9.67. The molecule has 0 amide bonds. The average molecular weight is 447 g/mol. The summed E-state index contributed by atoms with van der Waals surface area (Å²) in [4.78, 5) is 15.7. The fourth-order valence-electron chi connectivity index (χ4n) is 3.47. The number of fused-ring (bicyclic) bond motifs is 1. The monoisotopic (exact) mass is 446 g/mol. The highest BCUT2D eigenvalue weighted by Crippen LogP contribution is 2.36. The summed E-state index contributed by atoms with van der Waals surface area (Å²) >= 11 is 1.72. The molecule has 0 saturated carbocycles. The van der Waals surface area contributed by atoms with Crippen molar-refractivity contribution < 1.29 is 0 Å². The van der Waals surface area contributed by atoms with Crippen LogP contribution in [0.5, 0.6) is 0 Å². The normalized spacial score (nSPS) is 11.2. The van der Waals surface area contributed by atoms with E-state index in [0.29, 0.717) is 5.65 Å². The molecule has 5 heteroatoms. The number of hydrogen-bond donors (Lipinski definition) is 1. The minimum Gasteiger partial charge on any atom is -0.339 e. The van der Waals surface area contributed by atoms with E-state index in [1.54, 1.807) is 18.1 Å². The number of aryl methyl sites for hydroxylation is 1. The van der Waals surface area contributed by atoms with Gasteiger partial charge in [-0.2, -0.15) is 0 Å². The van der Waals surface area contributed by atoms with Crippen molar-refractivity contribution in [2.45, 2.75) is 16.7 Å². The molecule has 160 valence electrons. The summed E-state index contributed by atoms with van der Waals surface area (Å²) in [6.45, 7) is 1.96. The first-order chi connectivity index (χ1) is 16.2. The van der Waals surface area contributed by atoms with E-state index in [-0.39, 0.29) is 0 Å². The number of nitrogens with zero attached hydrogens (tertiary/aromatic N) is 3. The number of aromatic nitrogens is 3. The van der Waals surface area contributed by atoms with E-state index in [9.17, 15) is 0 Å². The van der Waals surface area contributed by atoms with Crippen LogP contribution in [0.2, 0.25) is 0 Å². The van der Waals surface area contributed by atoms with E-state index in [1.807, 2.05) is 43.3 Å². The van der Waals surface area contributed by atoms with Crippen LogP contribution < -0.4 is 5.32 Å². The van der Waals surface area contributed by atoms with Crippen molar-refractivity contribution in [3.8, 4) is 0 Å². The molecule has 3 aromatic carbocycles. The molecular formula is C28H22N4S. The van der Waals surface area contributed by atoms with Crippen LogP contribution in [-0.2, 0) is 0 Å². The van der Waals surface area contributed by atoms with Crippen LogP contribution in [0.15, 0.2) is 107 Å². The fraction of sp³-hybridized carbons (Fsp3) is 0.0357. The Kier molecular flexibility index (Phi) is 6.13. The highest BCUT2D eigenvalue weighted by Gasteiger charge is 2.10. The molecule has 2 heterocycles. The van der Waals surface area contributed by atoms with Gasteiger partial charge in [0.25, 0.3) is 0 Å². The predicted molar refractivity (Wildman–Crippen MR) is 138 cm³/mol. The molecule has 0 saturated heterocycles. The Labute approximate surface area is 197 Å². The molecule has 0 bridgehead atoms. The summed E-state index contributed by atoms with van der Waals surface area (Å²) < 4.78 is 0. The lowest BCUT2D eigenvalue weighted by atomic mass is 10.1. The van der Waals surface area contributed by atoms with Crippen LogP contribution in [0.25, 0.3) is 23.2 Å². The maximum atomic E-state index is 4.54. The summed E-state index contributed by atoms with van der Waals surface area (Å²) in [6, 6.07) is 31.1. The summed E-state index contributed by atoms with van der Waals surface area (Å²) in [7, 11) is 0. The van der Waals surface area contributed by atoms with Crippen molar-refractivity contribution in [3.63, 3.8) is 0 Å². The zero-order valence-corrected chi connectivity index (χ0v) is 19.0. The Balaban J connectivity index is 1.53. The molecule has 0 fully saturated rings. The topological polar surface area (TPSA) is 50.7 Å². The molecule has 5 aromatic rings. The Hall–Kier alpha value is -3.96. The van der Waals surface area contributed by atoms with E-state index in [2.05, 4.69) is 87.0 Å². The van der Waals surface area contributed by atoms with Crippen LogP contribution in [-0.4, -0.2) is 15.0 Å². The molecule has 0 atom stereocenters. The van der Waals surface area contributed by atoms with E-state index < -0.39 is 0 Å². The summed E-state index contributed by atoms with van der Waals surface area (Å²) in [5.74, 6) is 0.742. The Morgan fingerprint density at radius 2 is 1.52 bits per heavy atom. The largest absolute Gasteiger partial charge is 0.339 e. The first-order valence-corrected chi connectivity index (χ1v) is 11.5. The average Bonchev–Trinajstić information content (AvgIpc) is 2.85. The predicted octanol–water partition coefficient (Wildman–Crippen LogP) is 7.40. The fourth-order valence-corrected chi connectivity index (χ4v) is 4.38. The second-order valence-electron chi connectivity index (χ2n) is 7.59. The van der Waals surface area contributed by atoms with Crippen LogP contribution in [0.1, 0.15) is 16.8 Å². The van der Waals surface area contributed by atoms with Crippen molar-refractivity contribution in [2.75, 3.05) is 5.32 Å². The molecule has 4 nitrogen and oxygen atoms in total. The van der Waals surface area contributed by atoms with Crippen molar-refractivity contribution in [1.29, 1.82) is 0 Å². The van der Waals surface area contributed by atoms with E-state index in [0.717, 1.165) is 38.6 Å². The standard InChI is InChI=1S/C28H22N4S/c1-20-12-16-24-27(31-20)29-19-30-28(24)32-25-18-22(14-13-21-8-4-2-5-9-21)15-17-26(25)33-23-10-6-3-7-11-23/h2-19H,1H3,(H,29,30,31,32)/b14-13+. The first-order valence-electron chi connectivity index (χ1n) is 10.7. The number of benzene rings is 3. The first kappa shape index (κ1) is 20.9. The van der Waals surface area contributed by atoms with Crippen LogP contribution in [0.4, 0.5) is 11.5 Å². The third-order valence-electron chi connectivity index (χ3n) is 5.13. The SMILES string of the molecule is Cc1ccc2c(Nc3cc(/C=C/c4ccccc4)ccc3Sc3ccccc3)ncnc2n1. The Morgan fingerprint density at radius 3 is 2.33 bits per heavy atom. The van der Waals surface area contributed by atoms with Crippen LogP contribution >= 0.6 is 11.8 Å². The maximum absolute atomic E-state index is 4.54. The highest BCUT2D eigenvalue weighted by atomic mass is 32.2. The van der Waals surface area contributed by atoms with Gasteiger partial charge in [-0.05, 0) is 54.4 Å². The molecule has 0 aliphatic heterocycles.